The molecule has 0 fully saturated rings. The van der Waals surface area contributed by atoms with Crippen molar-refractivity contribution in [3.8, 4) is 0 Å². The number of aryl methyl sites for hydroxylation is 3. The van der Waals surface area contributed by atoms with E-state index in [0.29, 0.717) is 17.8 Å². The van der Waals surface area contributed by atoms with Crippen LogP contribution in [0.3, 0.4) is 0 Å². The van der Waals surface area contributed by atoms with Crippen LogP contribution in [0.2, 0.25) is 0 Å². The smallest absolute Gasteiger partial charge is 0.0650 e. The second-order valence-electron chi connectivity index (χ2n) is 13.9. The summed E-state index contributed by atoms with van der Waals surface area (Å²) in [6.07, 6.45) is 5.12. The van der Waals surface area contributed by atoms with Crippen LogP contribution in [0.4, 0.5) is 0 Å². The van der Waals surface area contributed by atoms with Crippen molar-refractivity contribution in [3.63, 3.8) is 0 Å². The van der Waals surface area contributed by atoms with Crippen LogP contribution in [0.15, 0.2) is 71.1 Å². The van der Waals surface area contributed by atoms with E-state index in [4.69, 9.17) is 0 Å². The van der Waals surface area contributed by atoms with Crippen molar-refractivity contribution in [1.82, 2.24) is 0 Å². The summed E-state index contributed by atoms with van der Waals surface area (Å²) < 4.78 is 0. The molecule has 1 aliphatic heterocycles. The largest absolute Gasteiger partial charge is 0.176 e. The van der Waals surface area contributed by atoms with Crippen LogP contribution in [0.25, 0.3) is 6.08 Å². The summed E-state index contributed by atoms with van der Waals surface area (Å²) in [5.74, 6) is 1.42. The zero-order valence-electron chi connectivity index (χ0n) is 26.6. The molecule has 0 saturated carbocycles. The van der Waals surface area contributed by atoms with Gasteiger partial charge in [-0.25, -0.2) is 0 Å². The van der Waals surface area contributed by atoms with Gasteiger partial charge < -0.3 is 0 Å². The molecule has 0 saturated heterocycles. The highest BCUT2D eigenvalue weighted by molar-refractivity contribution is 7.16. The molecular weight excluding hydrogens is 485 g/mol. The van der Waals surface area contributed by atoms with Crippen LogP contribution in [0.5, 0.6) is 0 Å². The maximum Gasteiger partial charge on any atom is 0.176 e. The van der Waals surface area contributed by atoms with Gasteiger partial charge in [-0.1, -0.05) is 134 Å². The molecule has 1 atom stereocenters. The van der Waals surface area contributed by atoms with E-state index in [1.807, 2.05) is 0 Å². The Hall–Kier alpha value is -2.64. The van der Waals surface area contributed by atoms with E-state index in [2.05, 4.69) is 150 Å². The monoisotopic (exact) mass is 534 g/mol. The van der Waals surface area contributed by atoms with Gasteiger partial charge in [0.1, 0.15) is 0 Å². The van der Waals surface area contributed by atoms with Crippen molar-refractivity contribution in [2.75, 3.05) is 0 Å². The summed E-state index contributed by atoms with van der Waals surface area (Å²) >= 11 is 0. The first-order valence-electron chi connectivity index (χ1n) is 15.0. The molecule has 1 heteroatoms. The fourth-order valence-electron chi connectivity index (χ4n) is 6.51. The normalized spacial score (nSPS) is 18.7. The maximum atomic E-state index is 2.57. The number of rotatable bonds is 6. The Balaban J connectivity index is 2.22. The molecule has 1 heterocycles. The number of hydrogen-bond donors (Lipinski definition) is 0. The molecule has 0 bridgehead atoms. The van der Waals surface area contributed by atoms with Gasteiger partial charge in [0, 0.05) is 0 Å². The summed E-state index contributed by atoms with van der Waals surface area (Å²) in [6, 6.07) is 21.4. The molecule has 0 spiro atoms. The fourth-order valence-corrected chi connectivity index (χ4v) is 12.6. The van der Waals surface area contributed by atoms with Crippen LogP contribution in [-0.2, 0) is 0 Å². The lowest BCUT2D eigenvalue weighted by Gasteiger charge is -2.51. The third-order valence-electron chi connectivity index (χ3n) is 8.85. The first kappa shape index (κ1) is 29.3. The fraction of sp³-hybridized carbons (Fsp3) is 0.421. The van der Waals surface area contributed by atoms with Gasteiger partial charge in [-0.15, -0.1) is 0 Å². The van der Waals surface area contributed by atoms with Gasteiger partial charge in [0.15, 0.2) is 8.07 Å². The number of benzene rings is 3. The van der Waals surface area contributed by atoms with Gasteiger partial charge in [-0.3, -0.25) is 0 Å². The lowest BCUT2D eigenvalue weighted by atomic mass is 9.89. The predicted molar refractivity (Wildman–Crippen MR) is 176 cm³/mol. The summed E-state index contributed by atoms with van der Waals surface area (Å²) in [5, 5.41) is 6.37. The molecular formula is C38H50Si. The summed E-state index contributed by atoms with van der Waals surface area (Å²) in [5.41, 5.74) is 10.1. The molecule has 1 unspecified atom stereocenters. The topological polar surface area (TPSA) is 0 Å². The highest BCUT2D eigenvalue weighted by Crippen LogP contribution is 2.48. The van der Waals surface area contributed by atoms with Crippen molar-refractivity contribution in [2.24, 2.45) is 5.41 Å². The minimum absolute atomic E-state index is 0.0802. The summed E-state index contributed by atoms with van der Waals surface area (Å²) in [4.78, 5) is 0. The Morgan fingerprint density at radius 3 is 1.69 bits per heavy atom. The van der Waals surface area contributed by atoms with Gasteiger partial charge in [0.25, 0.3) is 0 Å². The highest BCUT2D eigenvalue weighted by Gasteiger charge is 2.55. The van der Waals surface area contributed by atoms with Crippen molar-refractivity contribution >= 4 is 24.5 Å². The molecule has 1 aliphatic rings. The molecule has 0 aromatic heterocycles. The van der Waals surface area contributed by atoms with Crippen LogP contribution in [-0.4, -0.2) is 8.07 Å². The number of allylic oxidation sites excluding steroid dienone is 3. The molecule has 3 aromatic rings. The van der Waals surface area contributed by atoms with Crippen LogP contribution < -0.4 is 10.4 Å². The average Bonchev–Trinajstić information content (AvgIpc) is 2.84. The molecule has 0 aliphatic carbocycles. The first-order valence-corrected chi connectivity index (χ1v) is 17.0. The van der Waals surface area contributed by atoms with Crippen LogP contribution >= 0.6 is 0 Å². The minimum atomic E-state index is -2.48. The Morgan fingerprint density at radius 1 is 0.667 bits per heavy atom. The SMILES string of the molecule is Cc1cc(C)c(/C=C2\C=C(C(C)(C)C)[Si]2(c2ccccc2)c2c(C(C)C)cc(C(C)C)cc2C(C)C)cc1C. The Morgan fingerprint density at radius 2 is 1.21 bits per heavy atom. The van der Waals surface area contributed by atoms with E-state index in [1.54, 1.807) is 26.7 Å². The third-order valence-corrected chi connectivity index (χ3v) is 14.2. The second kappa shape index (κ2) is 10.7. The van der Waals surface area contributed by atoms with Crippen LogP contribution in [0.1, 0.15) is 119 Å². The molecule has 0 amide bonds. The van der Waals surface area contributed by atoms with Crippen molar-refractivity contribution in [2.45, 2.75) is 101 Å². The van der Waals surface area contributed by atoms with Gasteiger partial charge >= 0.3 is 0 Å². The Bertz CT molecular complexity index is 1390. The molecule has 39 heavy (non-hydrogen) atoms. The number of hydrogen-bond acceptors (Lipinski definition) is 0. The lowest BCUT2D eigenvalue weighted by Crippen LogP contribution is -2.69. The van der Waals surface area contributed by atoms with E-state index in [1.165, 1.54) is 33.0 Å². The van der Waals surface area contributed by atoms with Crippen LogP contribution in [0, 0.1) is 26.2 Å². The molecule has 0 radical (unpaired) electrons. The van der Waals surface area contributed by atoms with Gasteiger partial charge in [0.05, 0.1) is 0 Å². The van der Waals surface area contributed by atoms with Gasteiger partial charge in [-0.05, 0) is 98.5 Å². The van der Waals surface area contributed by atoms with E-state index >= 15 is 0 Å². The molecule has 4 rings (SSSR count). The van der Waals surface area contributed by atoms with E-state index in [0.717, 1.165) is 0 Å². The van der Waals surface area contributed by atoms with Gasteiger partial charge in [0.2, 0.25) is 0 Å². The quantitative estimate of drug-likeness (QED) is 0.276. The van der Waals surface area contributed by atoms with Crippen molar-refractivity contribution in [1.29, 1.82) is 0 Å². The van der Waals surface area contributed by atoms with Crippen molar-refractivity contribution in [3.05, 3.63) is 110 Å². The molecule has 206 valence electrons. The molecule has 0 nitrogen and oxygen atoms in total. The maximum absolute atomic E-state index is 2.57. The minimum Gasteiger partial charge on any atom is -0.0650 e. The van der Waals surface area contributed by atoms with Crippen molar-refractivity contribution < 1.29 is 0 Å². The second-order valence-corrected chi connectivity index (χ2v) is 17.5. The first-order chi connectivity index (χ1) is 18.2. The summed E-state index contributed by atoms with van der Waals surface area (Å²) in [7, 11) is -2.48. The standard InChI is InChI=1S/C38H50Si/c1-24(2)30-21-34(25(3)4)37(35(22-30)26(5)6)39(32-16-14-13-15-17-32)33(23-36(39)38(10,11)12)20-31-19-28(8)27(7)18-29(31)9/h13-26H,1-12H3/b33-20+. The lowest BCUT2D eigenvalue weighted by molar-refractivity contribution is 0.523. The zero-order valence-corrected chi connectivity index (χ0v) is 27.6. The Kier molecular flexibility index (Phi) is 8.08. The van der Waals surface area contributed by atoms with E-state index in [-0.39, 0.29) is 5.41 Å². The van der Waals surface area contributed by atoms with E-state index in [9.17, 15) is 0 Å². The van der Waals surface area contributed by atoms with E-state index < -0.39 is 8.07 Å². The Labute approximate surface area is 240 Å². The zero-order chi connectivity index (χ0) is 28.9. The highest BCUT2D eigenvalue weighted by atomic mass is 28.3. The molecule has 0 N–H and O–H groups in total. The third kappa shape index (κ3) is 5.16. The average molecular weight is 535 g/mol. The van der Waals surface area contributed by atoms with Gasteiger partial charge in [-0.2, -0.15) is 0 Å². The molecule has 3 aromatic carbocycles. The predicted octanol–water partition coefficient (Wildman–Crippen LogP) is 9.69. The summed E-state index contributed by atoms with van der Waals surface area (Å²) in [6.45, 7) is 28.3.